The Bertz CT molecular complexity index is 538. The molecule has 2 atom stereocenters. The Morgan fingerprint density at radius 2 is 2.32 bits per heavy atom. The van der Waals surface area contributed by atoms with E-state index in [1.807, 2.05) is 17.0 Å². The summed E-state index contributed by atoms with van der Waals surface area (Å²) in [6.45, 7) is 1.26. The molecular weight excluding hydrogens is 280 g/mol. The number of carbonyl (C=O) groups excluding carboxylic acids is 1. The molecule has 2 amide bonds. The predicted molar refractivity (Wildman–Crippen MR) is 83.4 cm³/mol. The fourth-order valence-corrected chi connectivity index (χ4v) is 3.28. The van der Waals surface area contributed by atoms with Crippen LogP contribution in [0.5, 0.6) is 0 Å². The van der Waals surface area contributed by atoms with Gasteiger partial charge in [0.2, 0.25) is 0 Å². The van der Waals surface area contributed by atoms with Crippen LogP contribution >= 0.6 is 0 Å². The monoisotopic (exact) mass is 304 g/mol. The van der Waals surface area contributed by atoms with Gasteiger partial charge in [0, 0.05) is 19.7 Å². The molecule has 0 radical (unpaired) electrons. The standard InChI is InChI=1S/C17H24N2O3/c1-21-12-14-9-10-16(22-14)15-8-5-11-19(15)17(20)18-13-6-3-2-4-7-13/h2-3,9-10,13,15H,4-8,11-12H2,1H3,(H,18,20)/t13-,15+/m0/s1. The highest BCUT2D eigenvalue weighted by molar-refractivity contribution is 5.75. The lowest BCUT2D eigenvalue weighted by Crippen LogP contribution is -2.44. The number of allylic oxidation sites excluding steroid dienone is 1. The van der Waals surface area contributed by atoms with E-state index in [9.17, 15) is 4.79 Å². The van der Waals surface area contributed by atoms with Crippen LogP contribution in [0.2, 0.25) is 0 Å². The molecule has 5 nitrogen and oxygen atoms in total. The lowest BCUT2D eigenvalue weighted by atomic mass is 10.0. The van der Waals surface area contributed by atoms with E-state index in [4.69, 9.17) is 9.15 Å². The molecular formula is C17H24N2O3. The molecule has 0 spiro atoms. The molecule has 1 aliphatic carbocycles. The minimum absolute atomic E-state index is 0.0347. The van der Waals surface area contributed by atoms with Crippen molar-refractivity contribution < 1.29 is 13.9 Å². The van der Waals surface area contributed by atoms with Crippen molar-refractivity contribution in [1.29, 1.82) is 0 Å². The summed E-state index contributed by atoms with van der Waals surface area (Å²) in [5.41, 5.74) is 0. The quantitative estimate of drug-likeness (QED) is 0.868. The maximum Gasteiger partial charge on any atom is 0.318 e. The predicted octanol–water partition coefficient (Wildman–Crippen LogP) is 3.38. The van der Waals surface area contributed by atoms with E-state index in [0.717, 1.165) is 50.2 Å². The Hall–Kier alpha value is -1.75. The van der Waals surface area contributed by atoms with Crippen LogP contribution in [0.25, 0.3) is 0 Å². The number of nitrogens with one attached hydrogen (secondary N) is 1. The topological polar surface area (TPSA) is 54.7 Å². The average Bonchev–Trinajstić information content (AvgIpc) is 3.17. The Labute approximate surface area is 131 Å². The van der Waals surface area contributed by atoms with Crippen LogP contribution in [-0.2, 0) is 11.3 Å². The molecule has 1 fully saturated rings. The molecule has 0 bridgehead atoms. The fraction of sp³-hybridized carbons (Fsp3) is 0.588. The van der Waals surface area contributed by atoms with Crippen LogP contribution < -0.4 is 5.32 Å². The number of likely N-dealkylation sites (tertiary alicyclic amines) is 1. The molecule has 1 aromatic heterocycles. The number of carbonyl (C=O) groups is 1. The molecule has 0 saturated carbocycles. The highest BCUT2D eigenvalue weighted by Gasteiger charge is 2.33. The van der Waals surface area contributed by atoms with E-state index in [1.165, 1.54) is 0 Å². The van der Waals surface area contributed by atoms with E-state index >= 15 is 0 Å². The van der Waals surface area contributed by atoms with Gasteiger partial charge in [-0.05, 0) is 44.2 Å². The summed E-state index contributed by atoms with van der Waals surface area (Å²) in [4.78, 5) is 14.5. The molecule has 0 aromatic carbocycles. The van der Waals surface area contributed by atoms with Crippen LogP contribution in [0.1, 0.15) is 49.7 Å². The summed E-state index contributed by atoms with van der Waals surface area (Å²) >= 11 is 0. The number of amides is 2. The molecule has 22 heavy (non-hydrogen) atoms. The molecule has 120 valence electrons. The molecule has 1 aliphatic heterocycles. The maximum absolute atomic E-state index is 12.6. The fourth-order valence-electron chi connectivity index (χ4n) is 3.28. The van der Waals surface area contributed by atoms with Gasteiger partial charge in [0.1, 0.15) is 18.1 Å². The summed E-state index contributed by atoms with van der Waals surface area (Å²) in [6, 6.07) is 4.24. The van der Waals surface area contributed by atoms with E-state index < -0.39 is 0 Å². The average molecular weight is 304 g/mol. The summed E-state index contributed by atoms with van der Waals surface area (Å²) in [5.74, 6) is 1.67. The second-order valence-corrected chi connectivity index (χ2v) is 6.02. The second-order valence-electron chi connectivity index (χ2n) is 6.02. The Morgan fingerprint density at radius 3 is 3.09 bits per heavy atom. The van der Waals surface area contributed by atoms with Gasteiger partial charge < -0.3 is 19.4 Å². The van der Waals surface area contributed by atoms with Gasteiger partial charge in [-0.3, -0.25) is 0 Å². The number of hydrogen-bond donors (Lipinski definition) is 1. The molecule has 1 saturated heterocycles. The number of rotatable bonds is 4. The molecule has 0 unspecified atom stereocenters. The van der Waals surface area contributed by atoms with Gasteiger partial charge in [-0.25, -0.2) is 4.79 Å². The number of furan rings is 1. The Morgan fingerprint density at radius 1 is 1.41 bits per heavy atom. The lowest BCUT2D eigenvalue weighted by Gasteiger charge is -2.27. The van der Waals surface area contributed by atoms with Gasteiger partial charge in [0.15, 0.2) is 0 Å². The first-order valence-corrected chi connectivity index (χ1v) is 8.07. The molecule has 3 rings (SSSR count). The van der Waals surface area contributed by atoms with Crippen molar-refractivity contribution in [2.75, 3.05) is 13.7 Å². The first-order chi connectivity index (χ1) is 10.8. The van der Waals surface area contributed by atoms with E-state index in [2.05, 4.69) is 17.5 Å². The molecule has 1 aromatic rings. The van der Waals surface area contributed by atoms with E-state index in [-0.39, 0.29) is 18.1 Å². The number of nitrogens with zero attached hydrogens (tertiary/aromatic N) is 1. The Balaban J connectivity index is 1.63. The zero-order chi connectivity index (χ0) is 15.4. The van der Waals surface area contributed by atoms with Crippen molar-refractivity contribution in [3.63, 3.8) is 0 Å². The first-order valence-electron chi connectivity index (χ1n) is 8.07. The van der Waals surface area contributed by atoms with Gasteiger partial charge in [-0.1, -0.05) is 12.2 Å². The van der Waals surface area contributed by atoms with Crippen molar-refractivity contribution in [1.82, 2.24) is 10.2 Å². The van der Waals surface area contributed by atoms with Gasteiger partial charge in [-0.2, -0.15) is 0 Å². The van der Waals surface area contributed by atoms with Crippen LogP contribution in [0.4, 0.5) is 4.79 Å². The maximum atomic E-state index is 12.6. The minimum atomic E-state index is 0.0347. The largest absolute Gasteiger partial charge is 0.461 e. The number of urea groups is 1. The normalized spacial score (nSPS) is 24.7. The molecule has 2 heterocycles. The number of hydrogen-bond acceptors (Lipinski definition) is 3. The third-order valence-corrected chi connectivity index (χ3v) is 4.41. The van der Waals surface area contributed by atoms with Gasteiger partial charge in [-0.15, -0.1) is 0 Å². The minimum Gasteiger partial charge on any atom is -0.461 e. The summed E-state index contributed by atoms with van der Waals surface area (Å²) in [7, 11) is 1.65. The van der Waals surface area contributed by atoms with Crippen LogP contribution in [0.3, 0.4) is 0 Å². The highest BCUT2D eigenvalue weighted by Crippen LogP contribution is 2.33. The Kier molecular flexibility index (Phi) is 4.83. The van der Waals surface area contributed by atoms with Gasteiger partial charge >= 0.3 is 6.03 Å². The summed E-state index contributed by atoms with van der Waals surface area (Å²) < 4.78 is 10.9. The number of ether oxygens (including phenoxy) is 1. The summed E-state index contributed by atoms with van der Waals surface area (Å²) in [5, 5.41) is 3.16. The van der Waals surface area contributed by atoms with Crippen LogP contribution in [-0.4, -0.2) is 30.6 Å². The molecule has 2 aliphatic rings. The third-order valence-electron chi connectivity index (χ3n) is 4.41. The summed E-state index contributed by atoms with van der Waals surface area (Å²) in [6.07, 6.45) is 9.32. The van der Waals surface area contributed by atoms with Crippen LogP contribution in [0.15, 0.2) is 28.7 Å². The van der Waals surface area contributed by atoms with Crippen molar-refractivity contribution in [2.45, 2.75) is 50.8 Å². The lowest BCUT2D eigenvalue weighted by molar-refractivity contribution is 0.155. The van der Waals surface area contributed by atoms with E-state index in [0.29, 0.717) is 6.61 Å². The van der Waals surface area contributed by atoms with E-state index in [1.54, 1.807) is 7.11 Å². The van der Waals surface area contributed by atoms with Crippen molar-refractivity contribution in [3.05, 3.63) is 35.8 Å². The zero-order valence-electron chi connectivity index (χ0n) is 13.1. The molecule has 5 heteroatoms. The van der Waals surface area contributed by atoms with Crippen molar-refractivity contribution in [2.24, 2.45) is 0 Å². The second kappa shape index (κ2) is 7.01. The number of methoxy groups -OCH3 is 1. The highest BCUT2D eigenvalue weighted by atomic mass is 16.5. The van der Waals surface area contributed by atoms with Crippen LogP contribution in [0, 0.1) is 0 Å². The zero-order valence-corrected chi connectivity index (χ0v) is 13.1. The van der Waals surface area contributed by atoms with Crippen molar-refractivity contribution in [3.8, 4) is 0 Å². The smallest absolute Gasteiger partial charge is 0.318 e. The SMILES string of the molecule is COCc1ccc([C@H]2CCCN2C(=O)N[C@H]2CC=CCC2)o1. The van der Waals surface area contributed by atoms with Crippen molar-refractivity contribution >= 4 is 6.03 Å². The molecule has 1 N–H and O–H groups in total. The first kappa shape index (κ1) is 15.2. The van der Waals surface area contributed by atoms with Gasteiger partial charge in [0.05, 0.1) is 6.04 Å². The third kappa shape index (κ3) is 3.35. The van der Waals surface area contributed by atoms with Gasteiger partial charge in [0.25, 0.3) is 0 Å².